The minimum atomic E-state index is -0.427. The predicted octanol–water partition coefficient (Wildman–Crippen LogP) is 24.4. The molecule has 1 fully saturated rings. The Balaban J connectivity index is 0.000000126. The van der Waals surface area contributed by atoms with Gasteiger partial charge < -0.3 is 9.31 Å². The zero-order chi connectivity index (χ0) is 73.1. The lowest BCUT2D eigenvalue weighted by Gasteiger charge is -2.32. The normalized spacial score (nSPS) is 12.9. The Bertz CT molecular complexity index is 6160. The highest BCUT2D eigenvalue weighted by molar-refractivity contribution is 9.10. The van der Waals surface area contributed by atoms with Gasteiger partial charge in [-0.3, -0.25) is 0 Å². The van der Waals surface area contributed by atoms with Gasteiger partial charge in [-0.05, 0) is 92.8 Å². The third-order valence-electron chi connectivity index (χ3n) is 19.6. The maximum atomic E-state index is 6.29. The van der Waals surface area contributed by atoms with E-state index in [1.54, 1.807) is 22.7 Å². The van der Waals surface area contributed by atoms with Crippen molar-refractivity contribution in [1.82, 2.24) is 39.9 Å². The fourth-order valence-corrected chi connectivity index (χ4v) is 16.0. The van der Waals surface area contributed by atoms with Crippen molar-refractivity contribution in [3.8, 4) is 124 Å². The molecule has 12 aromatic carbocycles. The van der Waals surface area contributed by atoms with Crippen LogP contribution in [-0.4, -0.2) is 58.2 Å². The predicted molar refractivity (Wildman–Crippen MR) is 451 cm³/mol. The molecule has 1 aliphatic rings. The lowest BCUT2D eigenvalue weighted by Crippen LogP contribution is -2.41. The molecular weight excluding hydrogens is 1430 g/mol. The highest BCUT2D eigenvalue weighted by atomic mass is 79.9. The highest BCUT2D eigenvalue weighted by Crippen LogP contribution is 2.43. The molecule has 18 aromatic rings. The average molecular weight is 1500 g/mol. The van der Waals surface area contributed by atoms with Gasteiger partial charge in [0.15, 0.2) is 23.3 Å². The second kappa shape index (κ2) is 30.0. The number of halogens is 1. The van der Waals surface area contributed by atoms with E-state index in [2.05, 4.69) is 256 Å². The minimum absolute atomic E-state index is 0.390. The molecule has 0 spiro atoms. The van der Waals surface area contributed by atoms with E-state index in [0.717, 1.165) is 148 Å². The largest absolute Gasteiger partial charge is 0.494 e. The molecule has 14 heteroatoms. The van der Waals surface area contributed by atoms with Crippen LogP contribution in [-0.2, 0) is 9.31 Å². The smallest absolute Gasteiger partial charge is 0.399 e. The van der Waals surface area contributed by atoms with Gasteiger partial charge >= 0.3 is 7.12 Å². The minimum Gasteiger partial charge on any atom is -0.399 e. The summed E-state index contributed by atoms with van der Waals surface area (Å²) >= 11 is 7.02. The van der Waals surface area contributed by atoms with Crippen molar-refractivity contribution < 1.29 is 9.31 Å². The zero-order valence-corrected chi connectivity index (χ0v) is 62.7. The zero-order valence-electron chi connectivity index (χ0n) is 59.5. The quantitative estimate of drug-likeness (QED) is 0.109. The van der Waals surface area contributed by atoms with E-state index in [1.165, 1.54) is 9.40 Å². The summed E-state index contributed by atoms with van der Waals surface area (Å²) in [4.78, 5) is 40.2. The van der Waals surface area contributed by atoms with Crippen LogP contribution in [0.5, 0.6) is 0 Å². The monoisotopic (exact) mass is 1490 g/mol. The van der Waals surface area contributed by atoms with Gasteiger partial charge in [-0.15, -0.1) is 22.7 Å². The van der Waals surface area contributed by atoms with Crippen LogP contribution in [0.1, 0.15) is 27.7 Å². The Labute approximate surface area is 643 Å². The third-order valence-corrected chi connectivity index (χ3v) is 22.4. The second-order valence-electron chi connectivity index (χ2n) is 27.3. The average Bonchev–Trinajstić information content (AvgIpc) is 1.26. The first-order valence-electron chi connectivity index (χ1n) is 35.8. The molecule has 0 unspecified atom stereocenters. The molecule has 0 bridgehead atoms. The molecule has 1 aliphatic heterocycles. The Morgan fingerprint density at radius 1 is 0.269 bits per heavy atom. The van der Waals surface area contributed by atoms with Gasteiger partial charge in [0.05, 0.1) is 65.8 Å². The van der Waals surface area contributed by atoms with E-state index in [9.17, 15) is 0 Å². The van der Waals surface area contributed by atoms with E-state index in [4.69, 9.17) is 49.2 Å². The molecule has 10 nitrogen and oxygen atoms in total. The summed E-state index contributed by atoms with van der Waals surface area (Å²) in [5.41, 5.74) is 20.1. The van der Waals surface area contributed by atoms with Crippen LogP contribution in [0.2, 0.25) is 0 Å². The van der Waals surface area contributed by atoms with E-state index >= 15 is 0 Å². The molecule has 0 atom stereocenters. The first-order chi connectivity index (χ1) is 52.9. The van der Waals surface area contributed by atoms with Gasteiger partial charge in [-0.25, -0.2) is 39.9 Å². The molecule has 0 amide bonds. The maximum absolute atomic E-state index is 6.29. The van der Waals surface area contributed by atoms with E-state index in [-0.39, 0.29) is 11.2 Å². The Hall–Kier alpha value is -12.1. The molecule has 6 aromatic heterocycles. The Morgan fingerprint density at radius 2 is 0.565 bits per heavy atom. The van der Waals surface area contributed by atoms with E-state index in [0.29, 0.717) is 17.5 Å². The van der Waals surface area contributed by atoms with E-state index in [1.807, 2.05) is 127 Å². The summed E-state index contributed by atoms with van der Waals surface area (Å²) in [6, 6.07) is 116. The summed E-state index contributed by atoms with van der Waals surface area (Å²) in [6.45, 7) is 8.28. The first-order valence-corrected chi connectivity index (χ1v) is 38.2. The summed E-state index contributed by atoms with van der Waals surface area (Å²) < 4.78 is 18.2. The molecule has 108 heavy (non-hydrogen) atoms. The van der Waals surface area contributed by atoms with Crippen LogP contribution in [0.25, 0.3) is 165 Å². The van der Waals surface area contributed by atoms with Crippen LogP contribution >= 0.6 is 38.6 Å². The van der Waals surface area contributed by atoms with Crippen LogP contribution < -0.4 is 5.46 Å². The summed E-state index contributed by atoms with van der Waals surface area (Å²) in [6.07, 6.45) is 0. The van der Waals surface area contributed by atoms with Crippen molar-refractivity contribution in [2.24, 2.45) is 0 Å². The first kappa shape index (κ1) is 68.9. The third kappa shape index (κ3) is 14.4. The van der Waals surface area contributed by atoms with Gasteiger partial charge in [-0.1, -0.05) is 307 Å². The number of fused-ring (bicyclic) bond motifs is 6. The van der Waals surface area contributed by atoms with Crippen LogP contribution in [0.3, 0.4) is 0 Å². The SMILES string of the molecule is Brc1cccc(-c2nc(-c3ccccc3)cc(-c3ccccc3)n2)c1.CC1(C)OB(c2cccc(-c3nc(-c4ccccc4)c4sc5ccccc5c4n3)c2)OC1(C)C.c1ccc(-c2cc(-c3ccccc3)nc(-c3cccc(-c4cccc(-c5nc(-c6ccccc6)c6sc7ccccc7c6n5)c4)c3)n2)cc1. The van der Waals surface area contributed by atoms with E-state index < -0.39 is 7.12 Å². The lowest BCUT2D eigenvalue weighted by molar-refractivity contribution is 0.00578. The van der Waals surface area contributed by atoms with Crippen molar-refractivity contribution in [3.63, 3.8) is 0 Å². The molecule has 7 heterocycles. The van der Waals surface area contributed by atoms with Crippen molar-refractivity contribution in [3.05, 3.63) is 344 Å². The topological polar surface area (TPSA) is 122 Å². The Morgan fingerprint density at radius 3 is 0.944 bits per heavy atom. The van der Waals surface area contributed by atoms with Gasteiger partial charge in [0.1, 0.15) is 0 Å². The van der Waals surface area contributed by atoms with Gasteiger partial charge in [-0.2, -0.15) is 0 Å². The number of nitrogens with zero attached hydrogens (tertiary/aromatic N) is 8. The molecule has 0 radical (unpaired) electrons. The van der Waals surface area contributed by atoms with Crippen LogP contribution in [0, 0.1) is 0 Å². The molecule has 1 saturated heterocycles. The van der Waals surface area contributed by atoms with Gasteiger partial charge in [0, 0.05) is 80.3 Å². The summed E-state index contributed by atoms with van der Waals surface area (Å²) in [5, 5.41) is 2.31. The van der Waals surface area contributed by atoms with Crippen molar-refractivity contribution >= 4 is 91.8 Å². The number of hydrogen-bond acceptors (Lipinski definition) is 12. The number of thiophene rings is 2. The highest BCUT2D eigenvalue weighted by Gasteiger charge is 2.51. The summed E-state index contributed by atoms with van der Waals surface area (Å²) in [7, 11) is -0.427. The fourth-order valence-electron chi connectivity index (χ4n) is 13.3. The molecule has 19 rings (SSSR count). The van der Waals surface area contributed by atoms with Crippen LogP contribution in [0.4, 0.5) is 0 Å². The van der Waals surface area contributed by atoms with Crippen molar-refractivity contribution in [2.45, 2.75) is 38.9 Å². The number of aromatic nitrogens is 8. The molecule has 0 aliphatic carbocycles. The Kier molecular flexibility index (Phi) is 19.2. The lowest BCUT2D eigenvalue weighted by atomic mass is 9.78. The molecule has 0 saturated carbocycles. The molecule has 0 N–H and O–H groups in total. The number of benzene rings is 12. The molecule has 518 valence electrons. The van der Waals surface area contributed by atoms with Crippen molar-refractivity contribution in [1.29, 1.82) is 0 Å². The van der Waals surface area contributed by atoms with Crippen molar-refractivity contribution in [2.75, 3.05) is 0 Å². The number of rotatable bonds is 12. The standard InChI is InChI=1S/C44H28N4S.C28H25BN2O2S.C22H15BrN2/c1-4-14-29(15-5-1)37-28-38(30-16-6-2-7-17-30)46-43(45-37)34-22-12-20-32(26-34)33-21-13-23-35(27-33)44-47-40(31-18-8-3-9-19-31)42-41(48-44)36-24-10-11-25-39(36)49-42;1-27(2)28(3,4)33-29(32-27)20-14-10-13-19(17-20)26-30-23(18-11-6-5-7-12-18)25-24(31-26)21-15-8-9-16-22(21)34-25;23-19-13-7-12-18(14-19)22-24-20(16-8-3-1-4-9-16)15-21(25-22)17-10-5-2-6-11-17/h1-28H;5-17H,1-4H3;1-15H. The molecular formula is C94H68BBrN8O2S2. The second-order valence-corrected chi connectivity index (χ2v) is 30.4. The maximum Gasteiger partial charge on any atom is 0.494 e. The fraction of sp³-hybridized carbons (Fsp3) is 0.0638. The van der Waals surface area contributed by atoms with Crippen LogP contribution in [0.15, 0.2) is 344 Å². The number of hydrogen-bond donors (Lipinski definition) is 0. The van der Waals surface area contributed by atoms with Gasteiger partial charge in [0.25, 0.3) is 0 Å². The van der Waals surface area contributed by atoms with Gasteiger partial charge in [0.2, 0.25) is 0 Å². The summed E-state index contributed by atoms with van der Waals surface area (Å²) in [5.74, 6) is 2.82.